The molecular weight excluding hydrogens is 515 g/mol. The van der Waals surface area contributed by atoms with E-state index in [0.717, 1.165) is 68.3 Å². The first-order valence-electron chi connectivity index (χ1n) is 11.2. The first-order valence-corrected chi connectivity index (χ1v) is 11.2. The molecule has 0 saturated carbocycles. The van der Waals surface area contributed by atoms with E-state index in [9.17, 15) is 4.79 Å². The minimum Gasteiger partial charge on any atom is -0.497 e. The molecule has 2 aromatic carbocycles. The van der Waals surface area contributed by atoms with Crippen LogP contribution < -0.4 is 15.4 Å². The van der Waals surface area contributed by atoms with Crippen LogP contribution in [0.1, 0.15) is 47.7 Å². The summed E-state index contributed by atoms with van der Waals surface area (Å²) in [5.74, 6) is 1.81. The van der Waals surface area contributed by atoms with Crippen molar-refractivity contribution < 1.29 is 9.53 Å². The Morgan fingerprint density at radius 1 is 0.969 bits per heavy atom. The fourth-order valence-electron chi connectivity index (χ4n) is 3.66. The molecule has 0 bridgehead atoms. The van der Waals surface area contributed by atoms with E-state index < -0.39 is 0 Å². The van der Waals surface area contributed by atoms with Crippen LogP contribution >= 0.6 is 24.0 Å². The highest BCUT2D eigenvalue weighted by Gasteiger charge is 2.17. The van der Waals surface area contributed by atoms with Crippen LogP contribution in [0.3, 0.4) is 0 Å². The Kier molecular flexibility index (Phi) is 11.3. The summed E-state index contributed by atoms with van der Waals surface area (Å²) in [6.45, 7) is 5.97. The third kappa shape index (κ3) is 8.00. The van der Waals surface area contributed by atoms with Crippen LogP contribution in [-0.2, 0) is 13.0 Å². The van der Waals surface area contributed by atoms with Crippen molar-refractivity contribution in [2.45, 2.75) is 39.2 Å². The first-order chi connectivity index (χ1) is 15.2. The van der Waals surface area contributed by atoms with Crippen LogP contribution in [0.2, 0.25) is 0 Å². The standard InChI is InChI=1S/C25H34N4O2.HI/c1-3-26-25(27-16-15-20-9-13-23(31-2)14-10-20)28-19-21-7-11-22(12-8-21)24(30)29-17-5-4-6-18-29;/h7-14H,3-6,15-19H2,1-2H3,(H2,26,27,28);1H. The van der Waals surface area contributed by atoms with Crippen LogP contribution in [0.5, 0.6) is 5.75 Å². The van der Waals surface area contributed by atoms with E-state index in [1.54, 1.807) is 7.11 Å². The Morgan fingerprint density at radius 2 is 1.62 bits per heavy atom. The van der Waals surface area contributed by atoms with Gasteiger partial charge in [0, 0.05) is 31.7 Å². The Labute approximate surface area is 208 Å². The zero-order valence-electron chi connectivity index (χ0n) is 19.1. The average molecular weight is 550 g/mol. The van der Waals surface area contributed by atoms with E-state index >= 15 is 0 Å². The zero-order valence-corrected chi connectivity index (χ0v) is 21.4. The number of piperidine rings is 1. The second-order valence-electron chi connectivity index (χ2n) is 7.77. The summed E-state index contributed by atoms with van der Waals surface area (Å²) < 4.78 is 5.20. The van der Waals surface area contributed by atoms with Crippen LogP contribution in [0.4, 0.5) is 0 Å². The Bertz CT molecular complexity index is 847. The van der Waals surface area contributed by atoms with Gasteiger partial charge in [-0.3, -0.25) is 4.79 Å². The van der Waals surface area contributed by atoms with E-state index in [-0.39, 0.29) is 29.9 Å². The molecule has 2 N–H and O–H groups in total. The zero-order chi connectivity index (χ0) is 21.9. The van der Waals surface area contributed by atoms with Crippen LogP contribution in [0, 0.1) is 0 Å². The van der Waals surface area contributed by atoms with Crippen molar-refractivity contribution in [3.05, 3.63) is 65.2 Å². The van der Waals surface area contributed by atoms with Gasteiger partial charge < -0.3 is 20.3 Å². The second kappa shape index (κ2) is 14.0. The van der Waals surface area contributed by atoms with Crippen LogP contribution in [-0.4, -0.2) is 50.1 Å². The van der Waals surface area contributed by atoms with Gasteiger partial charge in [-0.25, -0.2) is 4.99 Å². The van der Waals surface area contributed by atoms with Crippen molar-refractivity contribution in [3.63, 3.8) is 0 Å². The number of carbonyl (C=O) groups is 1. The number of likely N-dealkylation sites (tertiary alicyclic amines) is 1. The third-order valence-electron chi connectivity index (χ3n) is 5.47. The van der Waals surface area contributed by atoms with Gasteiger partial charge in [0.1, 0.15) is 5.75 Å². The molecule has 1 amide bonds. The van der Waals surface area contributed by atoms with Crippen molar-refractivity contribution in [1.29, 1.82) is 0 Å². The van der Waals surface area contributed by atoms with E-state index in [1.165, 1.54) is 12.0 Å². The minimum absolute atomic E-state index is 0. The lowest BCUT2D eigenvalue weighted by Gasteiger charge is -2.26. The number of amides is 1. The van der Waals surface area contributed by atoms with Crippen molar-refractivity contribution >= 4 is 35.8 Å². The first kappa shape index (κ1) is 26.0. The largest absolute Gasteiger partial charge is 0.497 e. The monoisotopic (exact) mass is 550 g/mol. The highest BCUT2D eigenvalue weighted by atomic mass is 127. The summed E-state index contributed by atoms with van der Waals surface area (Å²) in [6.07, 6.45) is 4.35. The van der Waals surface area contributed by atoms with Crippen molar-refractivity contribution in [3.8, 4) is 5.75 Å². The van der Waals surface area contributed by atoms with Gasteiger partial charge in [-0.15, -0.1) is 24.0 Å². The van der Waals surface area contributed by atoms with Crippen molar-refractivity contribution in [2.24, 2.45) is 4.99 Å². The molecule has 0 aliphatic carbocycles. The second-order valence-corrected chi connectivity index (χ2v) is 7.77. The maximum atomic E-state index is 12.6. The molecule has 0 atom stereocenters. The molecule has 32 heavy (non-hydrogen) atoms. The Morgan fingerprint density at radius 3 is 2.25 bits per heavy atom. The summed E-state index contributed by atoms with van der Waals surface area (Å²) in [4.78, 5) is 19.3. The smallest absolute Gasteiger partial charge is 0.253 e. The number of ether oxygens (including phenoxy) is 1. The maximum Gasteiger partial charge on any atom is 0.253 e. The number of guanidine groups is 1. The summed E-state index contributed by atoms with van der Waals surface area (Å²) in [5.41, 5.74) is 3.10. The number of hydrogen-bond acceptors (Lipinski definition) is 3. The number of benzene rings is 2. The third-order valence-corrected chi connectivity index (χ3v) is 5.47. The quantitative estimate of drug-likeness (QED) is 0.293. The molecule has 3 rings (SSSR count). The summed E-state index contributed by atoms with van der Waals surface area (Å²) in [7, 11) is 1.68. The van der Waals surface area contributed by atoms with Gasteiger partial charge in [0.05, 0.1) is 13.7 Å². The van der Waals surface area contributed by atoms with Crippen LogP contribution in [0.15, 0.2) is 53.5 Å². The molecule has 1 aliphatic rings. The molecule has 1 saturated heterocycles. The van der Waals surface area contributed by atoms with Gasteiger partial charge >= 0.3 is 0 Å². The summed E-state index contributed by atoms with van der Waals surface area (Å²) in [6, 6.07) is 16.0. The SMILES string of the molecule is CCNC(=NCc1ccc(C(=O)N2CCCCC2)cc1)NCCc1ccc(OC)cc1.I. The predicted molar refractivity (Wildman–Crippen MR) is 141 cm³/mol. The van der Waals surface area contributed by atoms with E-state index in [0.29, 0.717) is 6.54 Å². The molecule has 1 aliphatic heterocycles. The number of halogens is 1. The van der Waals surface area contributed by atoms with Crippen molar-refractivity contribution in [2.75, 3.05) is 33.3 Å². The molecule has 0 aromatic heterocycles. The maximum absolute atomic E-state index is 12.6. The fourth-order valence-corrected chi connectivity index (χ4v) is 3.66. The number of aliphatic imine (C=N–C) groups is 1. The number of rotatable bonds is 8. The Balaban J connectivity index is 0.00000363. The lowest BCUT2D eigenvalue weighted by atomic mass is 10.1. The van der Waals surface area contributed by atoms with Crippen molar-refractivity contribution in [1.82, 2.24) is 15.5 Å². The normalized spacial score (nSPS) is 13.8. The lowest BCUT2D eigenvalue weighted by Crippen LogP contribution is -2.38. The number of nitrogens with one attached hydrogen (secondary N) is 2. The molecular formula is C25H35IN4O2. The molecule has 7 heteroatoms. The average Bonchev–Trinajstić information content (AvgIpc) is 2.83. The molecule has 6 nitrogen and oxygen atoms in total. The topological polar surface area (TPSA) is 66.0 Å². The molecule has 0 unspecified atom stereocenters. The van der Waals surface area contributed by atoms with E-state index in [2.05, 4.69) is 34.7 Å². The molecule has 0 radical (unpaired) electrons. The fraction of sp³-hybridized carbons (Fsp3) is 0.440. The Hall–Kier alpha value is -2.29. The molecule has 174 valence electrons. The number of hydrogen-bond donors (Lipinski definition) is 2. The highest BCUT2D eigenvalue weighted by molar-refractivity contribution is 14.0. The summed E-state index contributed by atoms with van der Waals surface area (Å²) >= 11 is 0. The van der Waals surface area contributed by atoms with E-state index in [4.69, 9.17) is 4.74 Å². The summed E-state index contributed by atoms with van der Waals surface area (Å²) in [5, 5.41) is 6.68. The van der Waals surface area contributed by atoms with Gasteiger partial charge in [-0.2, -0.15) is 0 Å². The molecule has 1 fully saturated rings. The molecule has 0 spiro atoms. The number of carbonyl (C=O) groups excluding carboxylic acids is 1. The molecule has 2 aromatic rings. The number of nitrogens with zero attached hydrogens (tertiary/aromatic N) is 2. The highest BCUT2D eigenvalue weighted by Crippen LogP contribution is 2.14. The van der Waals surface area contributed by atoms with Gasteiger partial charge in [0.2, 0.25) is 0 Å². The van der Waals surface area contributed by atoms with Gasteiger partial charge in [0.15, 0.2) is 5.96 Å². The van der Waals surface area contributed by atoms with Gasteiger partial charge in [-0.05, 0) is 68.0 Å². The lowest BCUT2D eigenvalue weighted by molar-refractivity contribution is 0.0724. The molecule has 1 heterocycles. The number of methoxy groups -OCH3 is 1. The van der Waals surface area contributed by atoms with Gasteiger partial charge in [0.25, 0.3) is 5.91 Å². The van der Waals surface area contributed by atoms with E-state index in [1.807, 2.05) is 41.3 Å². The minimum atomic E-state index is 0. The predicted octanol–water partition coefficient (Wildman–Crippen LogP) is 4.24. The van der Waals surface area contributed by atoms with Gasteiger partial charge in [-0.1, -0.05) is 24.3 Å². The van der Waals surface area contributed by atoms with Crippen LogP contribution in [0.25, 0.3) is 0 Å².